The van der Waals surface area contributed by atoms with E-state index in [-0.39, 0.29) is 69.1 Å². The predicted octanol–water partition coefficient (Wildman–Crippen LogP) is 15.3. The highest BCUT2D eigenvalue weighted by atomic mass is 35.5. The van der Waals surface area contributed by atoms with Crippen LogP contribution in [-0.4, -0.2) is 257 Å². The second-order valence-corrected chi connectivity index (χ2v) is 44.1. The number of aromatic nitrogens is 9. The molecule has 15 atom stereocenters. The Morgan fingerprint density at radius 1 is 0.432 bits per heavy atom. The molecule has 7 aromatic rings. The van der Waals surface area contributed by atoms with Crippen LogP contribution in [0.5, 0.6) is 5.75 Å². The number of benzene rings is 4. The van der Waals surface area contributed by atoms with Gasteiger partial charge in [-0.05, 0) is 207 Å². The number of nitrogens with one attached hydrogen (secondary N) is 6. The van der Waals surface area contributed by atoms with Gasteiger partial charge in [0, 0.05) is 97.8 Å². The van der Waals surface area contributed by atoms with Crippen molar-refractivity contribution in [3.63, 3.8) is 0 Å². The number of allylic oxidation sites excluding steroid dienone is 2. The van der Waals surface area contributed by atoms with E-state index in [0.717, 1.165) is 129 Å². The number of fused-ring (bicyclic) bond motifs is 6. The Labute approximate surface area is 869 Å². The number of aliphatic carboxylic acids is 3. The van der Waals surface area contributed by atoms with Crippen molar-refractivity contribution >= 4 is 88.9 Å². The molecule has 0 bridgehead atoms. The van der Waals surface area contributed by atoms with Crippen molar-refractivity contribution in [3.05, 3.63) is 144 Å². The molecule has 38 nitrogen and oxygen atoms in total. The standard InChI is InChI=1S/C39H49ClN6O7.C39H49N7O6.C31H48N6O6/c1-5-52-29-18-16-24(17-19-29)32-33(25-12-11-14-27(40)20-25)44-46(43-32)28-21-31-34(47)42-39(36(49)50)22-26(39)13-9-7-6-8-10-15-30(35(48)45(31)23-28)41-37(51)53-38(2,3)4;1-38(2,3)52-37(51)40-30-17-13-8-6-7-12-16-27-23-39(27,36(49)50)41-34(47)31-22-29(24-45(31)35(30)48)46-42-32(25-14-10-9-11-15-25)33(43-46)26-18-20-28(21-19-26)44(4)5;1-6-13-22-23(14-7-2)35-37(34-22)21-17-25-26(38)33-31(28(40)41)18-20(31)15-11-9-8-10-12-16-24(27(39)36(25)19-21)32-29(42)43-30(3,4)5/h11-12,14,16-20,26,28,30-31H,5-10,13,15,21-23H2,1-4H3,(H,41,51)(H,42,47)(H,49,50);9-12,14-16,18-21,27,29-31H,6-8,13,17,22-24H2,1-5H3,(H,40,51)(H,41,47)(H,49,50);11,15,20-21,24-25H,6-10,12-14,16-19H2,1-5H3,(H,32,42)(H,33,38)(H,40,41)/b;16-12-;15-11-/t26-,28+,30-,31+,39+;27-,29+,30-,31+,39+;20-,21+,24-,25+,31+/m111/s1. The van der Waals surface area contributed by atoms with Gasteiger partial charge < -0.3 is 85.8 Å². The Kier molecular flexibility index (Phi) is 35.4. The van der Waals surface area contributed by atoms with Crippen LogP contribution in [0.4, 0.5) is 20.1 Å². The number of carboxylic acids is 3. The number of rotatable bonds is 20. The molecular formula is C109H146ClN19O19. The van der Waals surface area contributed by atoms with Crippen LogP contribution < -0.4 is 41.5 Å². The Hall–Kier alpha value is -13.3. The largest absolute Gasteiger partial charge is 0.494 e. The zero-order chi connectivity index (χ0) is 106. The van der Waals surface area contributed by atoms with E-state index in [1.165, 1.54) is 19.5 Å². The highest BCUT2D eigenvalue weighted by Crippen LogP contribution is 2.50. The van der Waals surface area contributed by atoms with Gasteiger partial charge in [-0.2, -0.15) is 45.0 Å². The minimum Gasteiger partial charge on any atom is -0.494 e. The number of anilines is 1. The van der Waals surface area contributed by atoms with Crippen molar-refractivity contribution in [2.24, 2.45) is 17.8 Å². The van der Waals surface area contributed by atoms with Crippen LogP contribution in [-0.2, 0) is 70.2 Å². The van der Waals surface area contributed by atoms with E-state index in [1.807, 2.05) is 141 Å². The third-order valence-electron chi connectivity index (χ3n) is 28.6. The van der Waals surface area contributed by atoms with E-state index in [9.17, 15) is 72.9 Å². The first-order valence-corrected chi connectivity index (χ1v) is 52.9. The molecule has 3 saturated carbocycles. The predicted molar refractivity (Wildman–Crippen MR) is 554 cm³/mol. The lowest BCUT2D eigenvalue weighted by Gasteiger charge is -2.30. The number of amides is 9. The van der Waals surface area contributed by atoms with E-state index >= 15 is 0 Å². The molecule has 7 fully saturated rings. The Balaban J connectivity index is 0.000000176. The summed E-state index contributed by atoms with van der Waals surface area (Å²) in [6.07, 6.45) is 22.6. The zero-order valence-corrected chi connectivity index (χ0v) is 88.3. The van der Waals surface area contributed by atoms with Crippen molar-refractivity contribution in [2.45, 2.75) is 344 Å². The molecule has 16 rings (SSSR count). The number of hydrogen-bond donors (Lipinski definition) is 9. The molecule has 3 aliphatic carbocycles. The summed E-state index contributed by atoms with van der Waals surface area (Å²) in [6, 6.07) is 25.2. The molecule has 4 aromatic carbocycles. The summed E-state index contributed by atoms with van der Waals surface area (Å²) in [5.74, 6) is -6.28. The van der Waals surface area contributed by atoms with E-state index in [4.69, 9.17) is 61.1 Å². The Bertz CT molecular complexity index is 5960. The van der Waals surface area contributed by atoms with Gasteiger partial charge in [-0.1, -0.05) is 175 Å². The normalized spacial score (nSPS) is 26.5. The van der Waals surface area contributed by atoms with Crippen LogP contribution in [0.1, 0.15) is 273 Å². The van der Waals surface area contributed by atoms with Crippen molar-refractivity contribution in [2.75, 3.05) is 45.2 Å². The zero-order valence-electron chi connectivity index (χ0n) is 87.5. The maximum Gasteiger partial charge on any atom is 0.408 e. The molecule has 798 valence electrons. The Morgan fingerprint density at radius 3 is 1.16 bits per heavy atom. The number of carbonyl (C=O) groups excluding carboxylic acids is 9. The molecule has 0 radical (unpaired) electrons. The number of carbonyl (C=O) groups is 12. The number of hydrogen-bond acceptors (Lipinski definition) is 23. The average Bonchev–Trinajstić information content (AvgIpc) is 1.58. The molecule has 9 heterocycles. The van der Waals surface area contributed by atoms with Crippen LogP contribution in [0, 0.1) is 17.8 Å². The second kappa shape index (κ2) is 47.5. The summed E-state index contributed by atoms with van der Waals surface area (Å²) >= 11 is 6.40. The summed E-state index contributed by atoms with van der Waals surface area (Å²) in [5, 5.41) is 77.3. The summed E-state index contributed by atoms with van der Waals surface area (Å²) < 4.78 is 22.1. The van der Waals surface area contributed by atoms with Crippen LogP contribution in [0.25, 0.3) is 45.0 Å². The summed E-state index contributed by atoms with van der Waals surface area (Å²) in [7, 11) is 3.95. The summed E-state index contributed by atoms with van der Waals surface area (Å²) in [6.45, 7) is 22.7. The maximum atomic E-state index is 14.5. The minimum absolute atomic E-state index is 0.0549. The first kappa shape index (κ1) is 110. The molecule has 148 heavy (non-hydrogen) atoms. The lowest BCUT2D eigenvalue weighted by molar-refractivity contribution is -0.146. The number of nitrogens with zero attached hydrogens (tertiary/aromatic N) is 13. The molecule has 0 spiro atoms. The first-order chi connectivity index (χ1) is 70.4. The van der Waals surface area contributed by atoms with Gasteiger partial charge in [-0.3, -0.25) is 28.8 Å². The van der Waals surface area contributed by atoms with Gasteiger partial charge in [0.1, 0.15) is 98.2 Å². The van der Waals surface area contributed by atoms with Gasteiger partial charge in [0.2, 0.25) is 35.4 Å². The highest BCUT2D eigenvalue weighted by molar-refractivity contribution is 6.30. The van der Waals surface area contributed by atoms with Crippen LogP contribution in [0.2, 0.25) is 5.02 Å². The second-order valence-electron chi connectivity index (χ2n) is 43.7. The fourth-order valence-corrected chi connectivity index (χ4v) is 20.9. The lowest BCUT2D eigenvalue weighted by atomic mass is 10.0. The fraction of sp³-hybridized carbons (Fsp3) is 0.578. The SMILES string of the molecule is CCCc1nn([C@H]2C[C@H]3C(=O)N[C@@]4(C(=O)O)C[C@H]4/C=C\CCCCC[C@@H](NC(=O)OC(C)(C)C)C(=O)N3C2)nc1CCC.CCOc1ccc(-c2nn([C@H]3C[C@H]4C(=O)N[C@@]5(C(=O)O)C[C@H]5CCCCCCC[C@@H](NC(=O)OC(C)(C)C)C(=O)N4C3)nc2-c2cccc(Cl)c2)cc1.CN(C)c1ccc(-c2nn([C@H]3C[C@H]4C(=O)N[C@@]5(C(=O)O)C[C@H]5/C=C\CCCCC[C@@H](NC(=O)OC(C)(C)C)C(=O)N4C3)nc2-c2ccccc2)cc1. The van der Waals surface area contributed by atoms with Crippen molar-refractivity contribution in [3.8, 4) is 50.8 Å². The van der Waals surface area contributed by atoms with E-state index in [1.54, 1.807) is 84.0 Å². The summed E-state index contributed by atoms with van der Waals surface area (Å²) in [4.78, 5) is 173. The highest BCUT2D eigenvalue weighted by Gasteiger charge is 2.65. The van der Waals surface area contributed by atoms with Gasteiger partial charge >= 0.3 is 36.2 Å². The van der Waals surface area contributed by atoms with E-state index < -0.39 is 153 Å². The third kappa shape index (κ3) is 27.2. The number of aryl methyl sites for hydroxylation is 2. The van der Waals surface area contributed by atoms with Crippen LogP contribution in [0.15, 0.2) is 127 Å². The minimum atomic E-state index is -1.44. The molecule has 3 aromatic heterocycles. The smallest absolute Gasteiger partial charge is 0.408 e. The average molecular weight is 2060 g/mol. The number of carboxylic acid groups (broad SMARTS) is 3. The molecular weight excluding hydrogens is 1910 g/mol. The lowest BCUT2D eigenvalue weighted by Crippen LogP contribution is -2.56. The van der Waals surface area contributed by atoms with Crippen molar-refractivity contribution < 1.29 is 91.8 Å². The number of halogens is 1. The summed E-state index contributed by atoms with van der Waals surface area (Å²) in [5.41, 5.74) is 2.04. The van der Waals surface area contributed by atoms with Crippen molar-refractivity contribution in [1.29, 1.82) is 0 Å². The van der Waals surface area contributed by atoms with E-state index in [2.05, 4.69) is 45.7 Å². The van der Waals surface area contributed by atoms with Gasteiger partial charge in [-0.15, -0.1) is 0 Å². The van der Waals surface area contributed by atoms with Gasteiger partial charge in [0.25, 0.3) is 0 Å². The number of alkyl carbamates (subject to hydrolysis) is 3. The van der Waals surface area contributed by atoms with Crippen LogP contribution >= 0.6 is 11.6 Å². The molecule has 9 amide bonds. The molecule has 0 unspecified atom stereocenters. The van der Waals surface area contributed by atoms with E-state index in [0.29, 0.717) is 97.9 Å². The van der Waals surface area contributed by atoms with Crippen molar-refractivity contribution in [1.82, 2.24) is 91.6 Å². The molecule has 9 aliphatic rings. The quantitative estimate of drug-likeness (QED) is 0.0253. The third-order valence-corrected chi connectivity index (χ3v) is 28.9. The fourth-order valence-electron chi connectivity index (χ4n) is 20.7. The monoisotopic (exact) mass is 2060 g/mol. The van der Waals surface area contributed by atoms with Crippen LogP contribution in [0.3, 0.4) is 0 Å². The topological polar surface area (TPSA) is 480 Å². The molecule has 4 saturated heterocycles. The number of ether oxygens (including phenoxy) is 4. The maximum absolute atomic E-state index is 14.5. The molecule has 9 N–H and O–H groups in total. The molecule has 6 aliphatic heterocycles. The van der Waals surface area contributed by atoms with Gasteiger partial charge in [0.15, 0.2) is 0 Å². The van der Waals surface area contributed by atoms with Gasteiger partial charge in [0.05, 0.1) is 36.1 Å². The molecule has 39 heteroatoms. The Morgan fingerprint density at radius 2 is 0.784 bits per heavy atom. The van der Waals surface area contributed by atoms with Gasteiger partial charge in [-0.25, -0.2) is 28.8 Å². The first-order valence-electron chi connectivity index (χ1n) is 52.5.